The van der Waals surface area contributed by atoms with Crippen molar-refractivity contribution in [2.45, 2.75) is 26.2 Å². The third kappa shape index (κ3) is 8.56. The molecule has 9 heterocycles. The third-order valence-corrected chi connectivity index (χ3v) is 11.7. The van der Waals surface area contributed by atoms with E-state index in [1.54, 1.807) is 28.4 Å². The van der Waals surface area contributed by atoms with Crippen molar-refractivity contribution in [3.05, 3.63) is 145 Å². The average molecular weight is 855 g/mol. The van der Waals surface area contributed by atoms with E-state index in [0.717, 1.165) is 89.9 Å². The van der Waals surface area contributed by atoms with Crippen LogP contribution in [0.25, 0.3) is 91.4 Å². The number of pyridine rings is 4. The fourth-order valence-electron chi connectivity index (χ4n) is 8.64. The van der Waals surface area contributed by atoms with Crippen LogP contribution in [0.2, 0.25) is 0 Å². The van der Waals surface area contributed by atoms with E-state index in [0.29, 0.717) is 52.6 Å². The highest BCUT2D eigenvalue weighted by molar-refractivity contribution is 5.97. The van der Waals surface area contributed by atoms with Crippen molar-refractivity contribution < 1.29 is 37.2 Å². The number of hydrogen-bond donors (Lipinski definition) is 2. The van der Waals surface area contributed by atoms with Crippen LogP contribution in [0.5, 0.6) is 0 Å². The maximum Gasteiger partial charge on any atom is 0.216 e. The van der Waals surface area contributed by atoms with Gasteiger partial charge in [-0.1, -0.05) is 0 Å². The van der Waals surface area contributed by atoms with Gasteiger partial charge >= 0.3 is 0 Å². The van der Waals surface area contributed by atoms with Gasteiger partial charge in [0.25, 0.3) is 0 Å². The number of fused-ring (bicyclic) bond motifs is 8. The number of rotatable bonds is 16. The fraction of sp³-hybridized carbons (Fsp3) is 0.231. The summed E-state index contributed by atoms with van der Waals surface area (Å²) in [7, 11) is 6.94. The van der Waals surface area contributed by atoms with Gasteiger partial charge in [0.05, 0.1) is 67.1 Å². The first-order chi connectivity index (χ1) is 31.6. The molecule has 0 saturated carbocycles. The maximum absolute atomic E-state index is 5.59. The van der Waals surface area contributed by atoms with E-state index >= 15 is 0 Å². The van der Waals surface area contributed by atoms with Crippen LogP contribution >= 0.6 is 0 Å². The molecule has 7 aromatic rings. The summed E-state index contributed by atoms with van der Waals surface area (Å²) in [6, 6.07) is 33.8. The minimum absolute atomic E-state index is 0.556. The van der Waals surface area contributed by atoms with Crippen molar-refractivity contribution in [2.24, 2.45) is 0 Å². The summed E-state index contributed by atoms with van der Waals surface area (Å²) < 4.78 is 31.3. The Kier molecular flexibility index (Phi) is 13.0. The molecule has 0 aliphatic carbocycles. The van der Waals surface area contributed by atoms with E-state index in [1.807, 2.05) is 0 Å². The molecule has 2 aliphatic rings. The van der Waals surface area contributed by atoms with Crippen LogP contribution in [0, 0.1) is 0 Å². The minimum Gasteiger partial charge on any atom is -0.378 e. The lowest BCUT2D eigenvalue weighted by Crippen LogP contribution is -2.38. The molecule has 9 rings (SSSR count). The Morgan fingerprint density at radius 2 is 0.609 bits per heavy atom. The van der Waals surface area contributed by atoms with Gasteiger partial charge in [-0.05, 0) is 72.8 Å². The molecule has 0 atom stereocenters. The van der Waals surface area contributed by atoms with E-state index in [-0.39, 0.29) is 0 Å². The lowest BCUT2D eigenvalue weighted by Gasteiger charge is -2.07. The standard InChI is InChI=1S/C52H53N8O4/c1-61-33-29-57-25-9-5-13-45(57)49-37-17-19-39(53-37)50(46-14-6-10-26-58(46)30-34-62-2)41-21-23-43(55-41)52(48-16-8-12-28-60(48)32-36-64-4)44-24-22-42(56-44)51(40-20-18-38(49)54-40)47-15-7-11-27-59(47)31-35-63-3/h5-28H,29-36H2,1-4H3,(H,53,54,55,56)/q+3/p+1. The number of ether oxygens (including phenoxy) is 4. The summed E-state index contributed by atoms with van der Waals surface area (Å²) in [6.45, 7) is 4.87. The molecule has 322 valence electrons. The van der Waals surface area contributed by atoms with Gasteiger partial charge in [0.2, 0.25) is 22.8 Å². The molecule has 0 aromatic carbocycles. The molecule has 12 nitrogen and oxygen atoms in total. The normalized spacial score (nSPS) is 12.1. The second kappa shape index (κ2) is 19.6. The third-order valence-electron chi connectivity index (χ3n) is 11.7. The van der Waals surface area contributed by atoms with Crippen LogP contribution < -0.4 is 18.3 Å². The molecule has 12 heteroatoms. The van der Waals surface area contributed by atoms with Gasteiger partial charge in [-0.25, -0.2) is 9.97 Å². The number of H-pyrrole nitrogens is 2. The summed E-state index contributed by atoms with van der Waals surface area (Å²) in [4.78, 5) is 18.9. The topological polar surface area (TPSA) is 110 Å². The summed E-state index contributed by atoms with van der Waals surface area (Å²) in [5.41, 5.74) is 14.9. The molecule has 2 N–H and O–H groups in total. The summed E-state index contributed by atoms with van der Waals surface area (Å²) in [6.07, 6.45) is 16.9. The van der Waals surface area contributed by atoms with E-state index < -0.39 is 0 Å². The van der Waals surface area contributed by atoms with Crippen molar-refractivity contribution >= 4 is 46.4 Å². The molecule has 0 amide bonds. The Morgan fingerprint density at radius 1 is 0.359 bits per heavy atom. The van der Waals surface area contributed by atoms with Crippen LogP contribution in [-0.4, -0.2) is 74.8 Å². The Balaban J connectivity index is 1.46. The zero-order valence-electron chi connectivity index (χ0n) is 36.8. The molecular weight excluding hydrogens is 801 g/mol. The predicted molar refractivity (Wildman–Crippen MR) is 249 cm³/mol. The summed E-state index contributed by atoms with van der Waals surface area (Å²) in [5, 5.41) is 0. The molecule has 0 saturated heterocycles. The monoisotopic (exact) mass is 854 g/mol. The fourth-order valence-corrected chi connectivity index (χ4v) is 8.64. The lowest BCUT2D eigenvalue weighted by atomic mass is 10.1. The number of methoxy groups -OCH3 is 4. The SMILES string of the molecule is COCC[n+]1ccccc1-c1c2nc(c(-c3cccc[n+]3CCOC)c3ccc([nH]3)c(-c3cccc[n+]3CCOC)c3nc(c(-c4cccc[n+]4CCOC)c4ccc1[nH]4)C=C3)C=C2. The zero-order chi connectivity index (χ0) is 43.8. The van der Waals surface area contributed by atoms with Crippen LogP contribution in [0.15, 0.2) is 122 Å². The van der Waals surface area contributed by atoms with Gasteiger partial charge in [-0.15, -0.1) is 0 Å². The smallest absolute Gasteiger partial charge is 0.216 e. The van der Waals surface area contributed by atoms with Crippen molar-refractivity contribution in [3.8, 4) is 45.0 Å². The van der Waals surface area contributed by atoms with Gasteiger partial charge < -0.3 is 28.9 Å². The number of nitrogens with zero attached hydrogens (tertiary/aromatic N) is 6. The molecule has 7 aromatic heterocycles. The first-order valence-electron chi connectivity index (χ1n) is 21.7. The summed E-state index contributed by atoms with van der Waals surface area (Å²) >= 11 is 0. The molecule has 0 unspecified atom stereocenters. The summed E-state index contributed by atoms with van der Waals surface area (Å²) in [5.74, 6) is 0. The van der Waals surface area contributed by atoms with Crippen molar-refractivity contribution in [2.75, 3.05) is 54.9 Å². The van der Waals surface area contributed by atoms with Gasteiger partial charge in [-0.3, -0.25) is 0 Å². The van der Waals surface area contributed by atoms with Crippen LogP contribution in [0.1, 0.15) is 22.8 Å². The van der Waals surface area contributed by atoms with Gasteiger partial charge in [-0.2, -0.15) is 18.3 Å². The molecule has 0 radical (unpaired) electrons. The molecule has 2 aliphatic heterocycles. The minimum atomic E-state index is 0.556. The molecular formula is C52H54N8O4+4. The highest BCUT2D eigenvalue weighted by Crippen LogP contribution is 2.36. The van der Waals surface area contributed by atoms with Crippen molar-refractivity contribution in [1.82, 2.24) is 19.9 Å². The first kappa shape index (κ1) is 42.3. The maximum atomic E-state index is 5.59. The average Bonchev–Trinajstić information content (AvgIpc) is 4.19. The van der Waals surface area contributed by atoms with Crippen LogP contribution in [-0.2, 0) is 45.1 Å². The van der Waals surface area contributed by atoms with E-state index in [9.17, 15) is 0 Å². The van der Waals surface area contributed by atoms with Crippen LogP contribution in [0.4, 0.5) is 0 Å². The van der Waals surface area contributed by atoms with E-state index in [2.05, 4.69) is 174 Å². The molecule has 0 fully saturated rings. The Labute approximate surface area is 373 Å². The van der Waals surface area contributed by atoms with Crippen LogP contribution in [0.3, 0.4) is 0 Å². The number of aromatic nitrogens is 8. The van der Waals surface area contributed by atoms with Gasteiger partial charge in [0, 0.05) is 77.0 Å². The van der Waals surface area contributed by atoms with Gasteiger partial charge in [0.15, 0.2) is 51.0 Å². The van der Waals surface area contributed by atoms with Crippen molar-refractivity contribution in [3.63, 3.8) is 0 Å². The number of hydrogen-bond acceptors (Lipinski definition) is 6. The van der Waals surface area contributed by atoms with E-state index in [1.165, 1.54) is 0 Å². The molecule has 64 heavy (non-hydrogen) atoms. The van der Waals surface area contributed by atoms with Crippen molar-refractivity contribution in [1.29, 1.82) is 0 Å². The van der Waals surface area contributed by atoms with E-state index in [4.69, 9.17) is 28.9 Å². The number of aromatic amines is 2. The first-order valence-corrected chi connectivity index (χ1v) is 21.7. The predicted octanol–water partition coefficient (Wildman–Crippen LogP) is 7.06. The molecule has 0 spiro atoms. The largest absolute Gasteiger partial charge is 0.378 e. The Morgan fingerprint density at radius 3 is 0.844 bits per heavy atom. The second-order valence-corrected chi connectivity index (χ2v) is 15.6. The quantitative estimate of drug-likeness (QED) is 0.101. The zero-order valence-corrected chi connectivity index (χ0v) is 36.8. The number of nitrogens with one attached hydrogen (secondary N) is 2. The Hall–Kier alpha value is -6.96. The highest BCUT2D eigenvalue weighted by Gasteiger charge is 2.27. The Bertz CT molecular complexity index is 2650. The lowest BCUT2D eigenvalue weighted by molar-refractivity contribution is -0.687. The molecule has 8 bridgehead atoms. The van der Waals surface area contributed by atoms with Gasteiger partial charge in [0.1, 0.15) is 26.4 Å². The highest BCUT2D eigenvalue weighted by atomic mass is 16.5. The second-order valence-electron chi connectivity index (χ2n) is 15.6.